The van der Waals surface area contributed by atoms with Gasteiger partial charge in [-0.15, -0.1) is 0 Å². The number of aryl methyl sites for hydroxylation is 1. The summed E-state index contributed by atoms with van der Waals surface area (Å²) in [6, 6.07) is 16.3. The average molecular weight is 455 g/mol. The highest BCUT2D eigenvalue weighted by atomic mass is 35.5. The third kappa shape index (κ3) is 4.08. The Morgan fingerprint density at radius 2 is 1.68 bits per heavy atom. The van der Waals surface area contributed by atoms with E-state index in [1.54, 1.807) is 35.9 Å². The van der Waals surface area contributed by atoms with Gasteiger partial charge in [0.25, 0.3) is 5.56 Å². The minimum absolute atomic E-state index is 0.0440. The van der Waals surface area contributed by atoms with E-state index in [1.165, 1.54) is 23.4 Å². The number of ketones is 1. The number of aromatic nitrogens is 4. The Labute approximate surface area is 186 Å². The van der Waals surface area contributed by atoms with Crippen LogP contribution >= 0.6 is 23.4 Å². The summed E-state index contributed by atoms with van der Waals surface area (Å²) in [7, 11) is 3.02. The molecule has 0 radical (unpaired) electrons. The average Bonchev–Trinajstić information content (AvgIpc) is 3.15. The summed E-state index contributed by atoms with van der Waals surface area (Å²) < 4.78 is 4.16. The van der Waals surface area contributed by atoms with E-state index in [1.807, 2.05) is 30.3 Å². The first-order chi connectivity index (χ1) is 14.9. The van der Waals surface area contributed by atoms with Gasteiger partial charge < -0.3 is 4.57 Å². The van der Waals surface area contributed by atoms with Crippen molar-refractivity contribution in [3.63, 3.8) is 0 Å². The van der Waals surface area contributed by atoms with Crippen LogP contribution in [0.5, 0.6) is 0 Å². The number of hydrogen-bond acceptors (Lipinski definition) is 5. The van der Waals surface area contributed by atoms with Crippen LogP contribution in [0.2, 0.25) is 5.02 Å². The summed E-state index contributed by atoms with van der Waals surface area (Å²) in [5.41, 5.74) is 1.24. The fourth-order valence-corrected chi connectivity index (χ4v) is 4.31. The molecule has 0 amide bonds. The first-order valence-corrected chi connectivity index (χ1v) is 10.8. The van der Waals surface area contributed by atoms with E-state index in [0.717, 1.165) is 10.1 Å². The van der Waals surface area contributed by atoms with E-state index in [-0.39, 0.29) is 17.2 Å². The Morgan fingerprint density at radius 3 is 2.35 bits per heavy atom. The normalized spacial score (nSPS) is 11.2. The lowest BCUT2D eigenvalue weighted by Crippen LogP contribution is -2.37. The number of Topliss-reactive ketones (excluding diaryl/α,β-unsaturated/α-hetero) is 1. The Balaban J connectivity index is 1.79. The number of carbonyl (C=O) groups excluding carboxylic acids is 1. The quantitative estimate of drug-likeness (QED) is 0.330. The molecule has 0 N–H and O–H groups in total. The number of nitrogens with zero attached hydrogens (tertiary/aromatic N) is 4. The predicted molar refractivity (Wildman–Crippen MR) is 122 cm³/mol. The van der Waals surface area contributed by atoms with E-state index in [4.69, 9.17) is 11.6 Å². The minimum Gasteiger partial charge on any atom is -0.309 e. The van der Waals surface area contributed by atoms with Crippen molar-refractivity contribution in [1.82, 2.24) is 18.7 Å². The van der Waals surface area contributed by atoms with Crippen LogP contribution in [0.4, 0.5) is 0 Å². The van der Waals surface area contributed by atoms with Crippen molar-refractivity contribution in [2.45, 2.75) is 11.7 Å². The lowest BCUT2D eigenvalue weighted by molar-refractivity contribution is 0.102. The van der Waals surface area contributed by atoms with Crippen molar-refractivity contribution in [3.8, 4) is 0 Å². The molecular formula is C22H19ClN4O3S. The molecule has 0 fully saturated rings. The Kier molecular flexibility index (Phi) is 5.84. The zero-order valence-electron chi connectivity index (χ0n) is 16.9. The lowest BCUT2D eigenvalue weighted by Gasteiger charge is -2.10. The monoisotopic (exact) mass is 454 g/mol. The second-order valence-corrected chi connectivity index (χ2v) is 8.44. The molecule has 31 heavy (non-hydrogen) atoms. The van der Waals surface area contributed by atoms with E-state index in [9.17, 15) is 14.4 Å². The first-order valence-electron chi connectivity index (χ1n) is 9.48. The van der Waals surface area contributed by atoms with E-state index < -0.39 is 11.2 Å². The Morgan fingerprint density at radius 1 is 1.00 bits per heavy atom. The molecule has 4 rings (SSSR count). The van der Waals surface area contributed by atoms with Crippen molar-refractivity contribution < 1.29 is 4.79 Å². The highest BCUT2D eigenvalue weighted by Gasteiger charge is 2.20. The Bertz CT molecular complexity index is 1390. The number of halogens is 1. The first kappa shape index (κ1) is 21.1. The van der Waals surface area contributed by atoms with Crippen molar-refractivity contribution in [3.05, 3.63) is 91.6 Å². The molecule has 2 heterocycles. The van der Waals surface area contributed by atoms with Gasteiger partial charge >= 0.3 is 5.69 Å². The third-order valence-electron chi connectivity index (χ3n) is 5.00. The van der Waals surface area contributed by atoms with Gasteiger partial charge in [-0.3, -0.25) is 18.7 Å². The SMILES string of the molecule is Cn1c(=O)c2c(nc(SCC(=O)c3ccccc3)n2Cc2ccc(Cl)cc2)n(C)c1=O. The maximum atomic E-state index is 12.9. The summed E-state index contributed by atoms with van der Waals surface area (Å²) in [6.07, 6.45) is 0. The van der Waals surface area contributed by atoms with Crippen LogP contribution in [0, 0.1) is 0 Å². The second-order valence-electron chi connectivity index (χ2n) is 7.06. The number of thioether (sulfide) groups is 1. The molecule has 0 aliphatic rings. The fraction of sp³-hybridized carbons (Fsp3) is 0.182. The van der Waals surface area contributed by atoms with E-state index in [2.05, 4.69) is 4.98 Å². The van der Waals surface area contributed by atoms with Gasteiger partial charge in [0.1, 0.15) is 0 Å². The van der Waals surface area contributed by atoms with Crippen LogP contribution in [0.15, 0.2) is 69.3 Å². The van der Waals surface area contributed by atoms with Gasteiger partial charge in [-0.25, -0.2) is 9.78 Å². The predicted octanol–water partition coefficient (Wildman–Crippen LogP) is 3.11. The van der Waals surface area contributed by atoms with Crippen molar-refractivity contribution in [1.29, 1.82) is 0 Å². The van der Waals surface area contributed by atoms with Gasteiger partial charge in [0.15, 0.2) is 22.1 Å². The highest BCUT2D eigenvalue weighted by molar-refractivity contribution is 7.99. The van der Waals surface area contributed by atoms with E-state index >= 15 is 0 Å². The molecule has 0 spiro atoms. The maximum absolute atomic E-state index is 12.9. The molecule has 0 saturated heterocycles. The summed E-state index contributed by atoms with van der Waals surface area (Å²) in [5, 5.41) is 1.10. The topological polar surface area (TPSA) is 78.9 Å². The molecule has 0 aliphatic carbocycles. The zero-order valence-corrected chi connectivity index (χ0v) is 18.5. The number of fused-ring (bicyclic) bond motifs is 1. The largest absolute Gasteiger partial charge is 0.332 e. The number of carbonyl (C=O) groups is 1. The van der Waals surface area contributed by atoms with Crippen LogP contribution in [0.3, 0.4) is 0 Å². The Hall–Kier alpha value is -3.10. The number of benzene rings is 2. The van der Waals surface area contributed by atoms with Gasteiger partial charge in [-0.05, 0) is 17.7 Å². The molecule has 4 aromatic rings. The third-order valence-corrected chi connectivity index (χ3v) is 6.22. The van der Waals surface area contributed by atoms with Gasteiger partial charge in [0, 0.05) is 24.7 Å². The van der Waals surface area contributed by atoms with Gasteiger partial charge in [-0.2, -0.15) is 0 Å². The smallest absolute Gasteiger partial charge is 0.309 e. The molecule has 0 aliphatic heterocycles. The number of imidazole rings is 1. The molecule has 7 nitrogen and oxygen atoms in total. The molecular weight excluding hydrogens is 436 g/mol. The van der Waals surface area contributed by atoms with Gasteiger partial charge in [0.2, 0.25) is 0 Å². The summed E-state index contributed by atoms with van der Waals surface area (Å²) in [4.78, 5) is 42.4. The summed E-state index contributed by atoms with van der Waals surface area (Å²) in [5.74, 6) is 0.111. The minimum atomic E-state index is -0.453. The van der Waals surface area contributed by atoms with Gasteiger partial charge in [0.05, 0.1) is 12.3 Å². The standard InChI is InChI=1S/C22H19ClN4O3S/c1-25-19-18(20(29)26(2)22(25)30)27(12-14-8-10-16(23)11-9-14)21(24-19)31-13-17(28)15-6-4-3-5-7-15/h3-11H,12-13H2,1-2H3. The summed E-state index contributed by atoms with van der Waals surface area (Å²) >= 11 is 7.23. The van der Waals surface area contributed by atoms with Crippen molar-refractivity contribution in [2.24, 2.45) is 14.1 Å². The van der Waals surface area contributed by atoms with Crippen LogP contribution in [-0.4, -0.2) is 30.2 Å². The van der Waals surface area contributed by atoms with E-state index in [0.29, 0.717) is 27.8 Å². The molecule has 0 saturated carbocycles. The van der Waals surface area contributed by atoms with Crippen molar-refractivity contribution in [2.75, 3.05) is 5.75 Å². The summed E-state index contributed by atoms with van der Waals surface area (Å²) in [6.45, 7) is 0.350. The van der Waals surface area contributed by atoms with Crippen LogP contribution < -0.4 is 11.2 Å². The number of hydrogen-bond donors (Lipinski definition) is 0. The van der Waals surface area contributed by atoms with Gasteiger partial charge in [-0.1, -0.05) is 65.8 Å². The molecule has 0 atom stereocenters. The lowest BCUT2D eigenvalue weighted by atomic mass is 10.2. The van der Waals surface area contributed by atoms with Crippen LogP contribution in [0.25, 0.3) is 11.2 Å². The van der Waals surface area contributed by atoms with Crippen molar-refractivity contribution >= 4 is 40.3 Å². The number of rotatable bonds is 6. The fourth-order valence-electron chi connectivity index (χ4n) is 3.29. The maximum Gasteiger partial charge on any atom is 0.332 e. The molecule has 9 heteroatoms. The van der Waals surface area contributed by atoms with Crippen LogP contribution in [0.1, 0.15) is 15.9 Å². The van der Waals surface area contributed by atoms with Crippen LogP contribution in [-0.2, 0) is 20.6 Å². The zero-order chi connectivity index (χ0) is 22.1. The second kappa shape index (κ2) is 8.56. The molecule has 0 bridgehead atoms. The molecule has 2 aromatic heterocycles. The molecule has 158 valence electrons. The highest BCUT2D eigenvalue weighted by Crippen LogP contribution is 2.24. The molecule has 2 aromatic carbocycles. The molecule has 0 unspecified atom stereocenters.